The minimum Gasteiger partial charge on any atom is -0.494 e. The molecule has 0 saturated carbocycles. The average Bonchev–Trinajstić information content (AvgIpc) is 2.02. The number of pyridine rings is 1. The van der Waals surface area contributed by atoms with E-state index in [4.69, 9.17) is 10.8 Å². The van der Waals surface area contributed by atoms with Gasteiger partial charge in [0.15, 0.2) is 0 Å². The molecule has 76 valence electrons. The first-order valence-corrected chi connectivity index (χ1v) is 3.47. The fourth-order valence-corrected chi connectivity index (χ4v) is 0.886. The number of rotatable bonds is 2. The number of nitrogens with two attached hydrogens (primary N) is 1. The summed E-state index contributed by atoms with van der Waals surface area (Å²) in [5.41, 5.74) is 2.17. The number of hydrogen-bond donors (Lipinski definition) is 3. The van der Waals surface area contributed by atoms with E-state index in [0.717, 1.165) is 0 Å². The Morgan fingerprint density at radius 3 is 2.57 bits per heavy atom. The summed E-state index contributed by atoms with van der Waals surface area (Å²) in [5.74, 6) is -1.91. The van der Waals surface area contributed by atoms with Gasteiger partial charge in [-0.05, 0) is 6.07 Å². The van der Waals surface area contributed by atoms with Gasteiger partial charge in [0.25, 0.3) is 17.9 Å². The second kappa shape index (κ2) is 3.44. The van der Waals surface area contributed by atoms with Crippen LogP contribution in [0.15, 0.2) is 10.9 Å². The quantitative estimate of drug-likeness (QED) is 0.638. The van der Waals surface area contributed by atoms with Crippen molar-refractivity contribution in [2.75, 3.05) is 0 Å². The molecule has 0 spiro atoms. The molecule has 14 heavy (non-hydrogen) atoms. The van der Waals surface area contributed by atoms with Gasteiger partial charge in [0.1, 0.15) is 0 Å². The number of aromatic amines is 1. The molecule has 0 unspecified atom stereocenters. The van der Waals surface area contributed by atoms with E-state index in [2.05, 4.69) is 0 Å². The predicted octanol–water partition coefficient (Wildman–Crippen LogP) is 0.117. The van der Waals surface area contributed by atoms with E-state index in [-0.39, 0.29) is 0 Å². The maximum Gasteiger partial charge on any atom is 0.269 e. The first-order valence-electron chi connectivity index (χ1n) is 3.47. The van der Waals surface area contributed by atoms with E-state index in [1.165, 1.54) is 0 Å². The van der Waals surface area contributed by atoms with Crippen molar-refractivity contribution in [3.8, 4) is 5.88 Å². The van der Waals surface area contributed by atoms with Gasteiger partial charge >= 0.3 is 0 Å². The fourth-order valence-electron chi connectivity index (χ4n) is 0.886. The van der Waals surface area contributed by atoms with Gasteiger partial charge in [-0.1, -0.05) is 0 Å². The lowest BCUT2D eigenvalue weighted by Crippen LogP contribution is -2.19. The normalized spacial score (nSPS) is 10.5. The smallest absolute Gasteiger partial charge is 0.269 e. The lowest BCUT2D eigenvalue weighted by atomic mass is 10.2. The molecule has 1 rings (SSSR count). The van der Waals surface area contributed by atoms with Crippen LogP contribution in [-0.4, -0.2) is 16.0 Å². The number of H-pyrrole nitrogens is 1. The summed E-state index contributed by atoms with van der Waals surface area (Å²) in [6.45, 7) is 0. The first-order chi connectivity index (χ1) is 6.43. The molecule has 1 aromatic heterocycles. The van der Waals surface area contributed by atoms with E-state index in [9.17, 15) is 18.4 Å². The molecule has 0 aliphatic carbocycles. The molecule has 1 heterocycles. The van der Waals surface area contributed by atoms with E-state index in [1.807, 2.05) is 0 Å². The average molecular weight is 204 g/mol. The molecule has 0 atom stereocenters. The zero-order chi connectivity index (χ0) is 10.9. The van der Waals surface area contributed by atoms with Crippen molar-refractivity contribution in [2.24, 2.45) is 5.73 Å². The molecule has 0 aliphatic rings. The van der Waals surface area contributed by atoms with Crippen molar-refractivity contribution in [1.82, 2.24) is 4.98 Å². The Morgan fingerprint density at radius 2 is 2.14 bits per heavy atom. The van der Waals surface area contributed by atoms with Gasteiger partial charge in [0, 0.05) is 0 Å². The summed E-state index contributed by atoms with van der Waals surface area (Å²) in [4.78, 5) is 23.1. The van der Waals surface area contributed by atoms with Gasteiger partial charge < -0.3 is 10.8 Å². The van der Waals surface area contributed by atoms with Crippen LogP contribution in [0.5, 0.6) is 5.88 Å². The summed E-state index contributed by atoms with van der Waals surface area (Å²) < 4.78 is 24.3. The molecule has 0 fully saturated rings. The van der Waals surface area contributed by atoms with Crippen LogP contribution in [0.25, 0.3) is 0 Å². The van der Waals surface area contributed by atoms with Gasteiger partial charge in [0.05, 0.1) is 11.1 Å². The summed E-state index contributed by atoms with van der Waals surface area (Å²) in [6, 6.07) is 0.571. The molecule has 0 bridgehead atoms. The maximum atomic E-state index is 12.1. The van der Waals surface area contributed by atoms with Crippen LogP contribution in [0.1, 0.15) is 22.3 Å². The van der Waals surface area contributed by atoms with Crippen LogP contribution in [-0.2, 0) is 0 Å². The summed E-state index contributed by atoms with van der Waals surface area (Å²) in [7, 11) is 0. The summed E-state index contributed by atoms with van der Waals surface area (Å²) in [6.07, 6.45) is -3.03. The molecule has 4 N–H and O–H groups in total. The third-order valence-corrected chi connectivity index (χ3v) is 1.55. The second-order valence-electron chi connectivity index (χ2n) is 2.48. The van der Waals surface area contributed by atoms with Crippen molar-refractivity contribution in [3.63, 3.8) is 0 Å². The fraction of sp³-hybridized carbons (Fsp3) is 0.143. The van der Waals surface area contributed by atoms with Crippen LogP contribution in [0.3, 0.4) is 0 Å². The van der Waals surface area contributed by atoms with Gasteiger partial charge in [-0.15, -0.1) is 0 Å². The van der Waals surface area contributed by atoms with Crippen LogP contribution in [0.2, 0.25) is 0 Å². The van der Waals surface area contributed by atoms with E-state index >= 15 is 0 Å². The van der Waals surface area contributed by atoms with Crippen molar-refractivity contribution in [2.45, 2.75) is 6.43 Å². The molecule has 0 radical (unpaired) electrons. The lowest BCUT2D eigenvalue weighted by Gasteiger charge is -2.02. The number of carbonyl (C=O) groups is 1. The molecule has 1 amide bonds. The van der Waals surface area contributed by atoms with Crippen LogP contribution < -0.4 is 11.3 Å². The second-order valence-corrected chi connectivity index (χ2v) is 2.48. The minimum absolute atomic E-state index is 0.542. The highest BCUT2D eigenvalue weighted by Gasteiger charge is 2.17. The van der Waals surface area contributed by atoms with Gasteiger partial charge in [0.2, 0.25) is 5.88 Å². The standard InChI is InChI=1S/C7H6F2N2O3/c8-4(9)2-1-3(5(10)12)7(14)11-6(2)13/h1,4H,(H2,10,12)(H2,11,13,14). The zero-order valence-electron chi connectivity index (χ0n) is 6.75. The van der Waals surface area contributed by atoms with Crippen LogP contribution in [0, 0.1) is 0 Å². The first kappa shape index (κ1) is 10.2. The van der Waals surface area contributed by atoms with Crippen LogP contribution in [0.4, 0.5) is 8.78 Å². The molecule has 7 heteroatoms. The molecule has 0 aliphatic heterocycles. The SMILES string of the molecule is NC(=O)c1cc(C(F)F)c(=O)[nH]c1O. The Bertz CT molecular complexity index is 427. The van der Waals surface area contributed by atoms with Crippen LogP contribution >= 0.6 is 0 Å². The maximum absolute atomic E-state index is 12.1. The van der Waals surface area contributed by atoms with E-state index in [0.29, 0.717) is 6.07 Å². The number of amides is 1. The van der Waals surface area contributed by atoms with Gasteiger partial charge in [-0.25, -0.2) is 8.78 Å². The molecular formula is C7H6F2N2O3. The highest BCUT2D eigenvalue weighted by atomic mass is 19.3. The number of aromatic hydroxyl groups is 1. The van der Waals surface area contributed by atoms with E-state index < -0.39 is 34.9 Å². The lowest BCUT2D eigenvalue weighted by molar-refractivity contribution is 0.0996. The third kappa shape index (κ3) is 1.70. The molecular weight excluding hydrogens is 198 g/mol. The van der Waals surface area contributed by atoms with E-state index in [1.54, 1.807) is 4.98 Å². The number of alkyl halides is 2. The highest BCUT2D eigenvalue weighted by molar-refractivity contribution is 5.95. The Balaban J connectivity index is 3.42. The number of primary amides is 1. The third-order valence-electron chi connectivity index (χ3n) is 1.55. The largest absolute Gasteiger partial charge is 0.494 e. The predicted molar refractivity (Wildman–Crippen MR) is 42.2 cm³/mol. The summed E-state index contributed by atoms with van der Waals surface area (Å²) in [5, 5.41) is 8.97. The van der Waals surface area contributed by atoms with Crippen molar-refractivity contribution in [3.05, 3.63) is 27.5 Å². The topological polar surface area (TPSA) is 96.2 Å². The molecule has 5 nitrogen and oxygen atoms in total. The Labute approximate surface area is 76.2 Å². The van der Waals surface area contributed by atoms with Crippen molar-refractivity contribution in [1.29, 1.82) is 0 Å². The minimum atomic E-state index is -3.03. The molecule has 0 saturated heterocycles. The van der Waals surface area contributed by atoms with Gasteiger partial charge in [-0.2, -0.15) is 0 Å². The number of halogens is 2. The Morgan fingerprint density at radius 1 is 1.57 bits per heavy atom. The molecule has 1 aromatic rings. The summed E-state index contributed by atoms with van der Waals surface area (Å²) >= 11 is 0. The highest BCUT2D eigenvalue weighted by Crippen LogP contribution is 2.19. The van der Waals surface area contributed by atoms with Gasteiger partial charge in [-0.3, -0.25) is 14.6 Å². The molecule has 0 aromatic carbocycles. The Hall–Kier alpha value is -1.92. The number of nitrogens with one attached hydrogen (secondary N) is 1. The monoisotopic (exact) mass is 204 g/mol. The number of aromatic nitrogens is 1. The van der Waals surface area contributed by atoms with Crippen molar-refractivity contribution >= 4 is 5.91 Å². The zero-order valence-corrected chi connectivity index (χ0v) is 6.75. The Kier molecular flexibility index (Phi) is 2.50. The van der Waals surface area contributed by atoms with Crippen molar-refractivity contribution < 1.29 is 18.7 Å². The number of hydrogen-bond acceptors (Lipinski definition) is 3. The number of carbonyl (C=O) groups excluding carboxylic acids is 1.